The Labute approximate surface area is 322 Å². The van der Waals surface area contributed by atoms with E-state index in [1.165, 1.54) is 0 Å². The summed E-state index contributed by atoms with van der Waals surface area (Å²) in [7, 11) is 1.70. The number of halogens is 1. The molecule has 53 heavy (non-hydrogen) atoms. The molecule has 3 heterocycles. The Morgan fingerprint density at radius 1 is 1.06 bits per heavy atom. The number of hydrogen-bond donors (Lipinski definition) is 1. The summed E-state index contributed by atoms with van der Waals surface area (Å²) in [6.07, 6.45) is 5.85. The SMILES string of the molecule is C=CCCC(=O)N(C)[C@@H](C)[C@@H](OC(=O)[C@@H]1[C@H]2O[C@@]3(CC2Br)[C@H](C(=O)N(CC=C)c2c(C)cccc2C)N(CCCCCCO)C(=O)[C@@H]13)c1ccccc1. The van der Waals surface area contributed by atoms with Crippen LogP contribution in [-0.2, 0) is 28.7 Å². The van der Waals surface area contributed by atoms with Crippen LogP contribution in [0.3, 0.4) is 0 Å². The molecule has 8 atom stereocenters. The number of carbonyl (C=O) groups is 4. The van der Waals surface area contributed by atoms with Crippen LogP contribution >= 0.6 is 15.9 Å². The number of unbranched alkanes of at least 4 members (excludes halogenated alkanes) is 3. The van der Waals surface area contributed by atoms with E-state index in [9.17, 15) is 19.5 Å². The lowest BCUT2D eigenvalue weighted by atomic mass is 9.70. The van der Waals surface area contributed by atoms with E-state index in [2.05, 4.69) is 29.1 Å². The number of amides is 3. The average Bonchev–Trinajstić information content (AvgIpc) is 3.74. The fraction of sp³-hybridized carbons (Fsp3) is 0.524. The van der Waals surface area contributed by atoms with Gasteiger partial charge in [-0.25, -0.2) is 0 Å². The van der Waals surface area contributed by atoms with Crippen LogP contribution < -0.4 is 4.90 Å². The van der Waals surface area contributed by atoms with Gasteiger partial charge in [0.15, 0.2) is 0 Å². The van der Waals surface area contributed by atoms with Gasteiger partial charge in [-0.05, 0) is 63.1 Å². The van der Waals surface area contributed by atoms with E-state index >= 15 is 4.79 Å². The van der Waals surface area contributed by atoms with Gasteiger partial charge < -0.3 is 29.3 Å². The van der Waals surface area contributed by atoms with Gasteiger partial charge in [-0.2, -0.15) is 0 Å². The summed E-state index contributed by atoms with van der Waals surface area (Å²) in [5.74, 6) is -3.20. The number of nitrogens with zero attached hydrogens (tertiary/aromatic N) is 3. The lowest BCUT2D eigenvalue weighted by Crippen LogP contribution is -2.57. The second-order valence-corrected chi connectivity index (χ2v) is 15.8. The van der Waals surface area contributed by atoms with Gasteiger partial charge >= 0.3 is 5.97 Å². The lowest BCUT2D eigenvalue weighted by molar-refractivity contribution is -0.164. The van der Waals surface area contributed by atoms with Crippen molar-refractivity contribution in [2.24, 2.45) is 11.8 Å². The van der Waals surface area contributed by atoms with Crippen LogP contribution in [0, 0.1) is 25.7 Å². The molecule has 0 radical (unpaired) electrons. The number of alkyl halides is 1. The maximum absolute atomic E-state index is 15.1. The van der Waals surface area contributed by atoms with Crippen molar-refractivity contribution in [1.82, 2.24) is 9.80 Å². The summed E-state index contributed by atoms with van der Waals surface area (Å²) >= 11 is 3.79. The Hall–Kier alpha value is -3.80. The van der Waals surface area contributed by atoms with Crippen LogP contribution in [-0.4, -0.2) is 94.0 Å². The topological polar surface area (TPSA) is 117 Å². The number of ether oxygens (including phenoxy) is 2. The summed E-state index contributed by atoms with van der Waals surface area (Å²) in [4.78, 5) is 62.2. The van der Waals surface area contributed by atoms with Gasteiger partial charge in [-0.15, -0.1) is 13.2 Å². The monoisotopic (exact) mass is 791 g/mol. The third-order valence-electron chi connectivity index (χ3n) is 11.3. The third kappa shape index (κ3) is 7.89. The van der Waals surface area contributed by atoms with E-state index in [1.54, 1.807) is 33.9 Å². The molecule has 2 aromatic carbocycles. The normalized spacial score (nSPS) is 25.4. The first kappa shape index (κ1) is 40.4. The number of anilines is 1. The average molecular weight is 793 g/mol. The highest BCUT2D eigenvalue weighted by Crippen LogP contribution is 2.60. The number of aliphatic hydroxyl groups is 1. The number of aliphatic hydroxyl groups excluding tert-OH is 1. The van der Waals surface area contributed by atoms with Gasteiger partial charge in [0.1, 0.15) is 17.7 Å². The number of aryl methyl sites for hydroxylation is 2. The molecule has 2 aromatic rings. The van der Waals surface area contributed by atoms with Crippen molar-refractivity contribution in [1.29, 1.82) is 0 Å². The molecule has 286 valence electrons. The van der Waals surface area contributed by atoms with Crippen molar-refractivity contribution >= 4 is 45.3 Å². The third-order valence-corrected chi connectivity index (χ3v) is 12.1. The summed E-state index contributed by atoms with van der Waals surface area (Å²) in [5.41, 5.74) is 2.04. The van der Waals surface area contributed by atoms with Crippen molar-refractivity contribution in [3.8, 4) is 0 Å². The minimum Gasteiger partial charge on any atom is -0.455 e. The standard InChI is InChI=1S/C42H54BrN3O7/c1-7-9-22-32(48)44(6)29(5)36(30-20-13-12-14-21-30)52-41(51)33-34-39(49)46(24-15-10-11-16-25-47)38(42(34)26-31(43)37(33)53-42)40(50)45(23-8-2)35-27(3)18-17-19-28(35)4/h7-8,12-14,17-21,29,31,33-34,36-38,47H,1-2,9-11,15-16,22-26H2,3-6H3/t29-,31?,33-,34+,36+,37-,38-,42+/m0/s1. The Bertz CT molecular complexity index is 1650. The minimum atomic E-state index is -1.27. The fourth-order valence-electron chi connectivity index (χ4n) is 8.59. The predicted molar refractivity (Wildman–Crippen MR) is 208 cm³/mol. The van der Waals surface area contributed by atoms with Gasteiger partial charge in [0.25, 0.3) is 5.91 Å². The number of fused-ring (bicyclic) bond motifs is 1. The van der Waals surface area contributed by atoms with Crippen LogP contribution in [0.25, 0.3) is 0 Å². The highest BCUT2D eigenvalue weighted by molar-refractivity contribution is 9.09. The molecule has 1 unspecified atom stereocenters. The first-order valence-corrected chi connectivity index (χ1v) is 19.7. The second-order valence-electron chi connectivity index (χ2n) is 14.7. The van der Waals surface area contributed by atoms with E-state index in [-0.39, 0.29) is 42.1 Å². The number of benzene rings is 2. The molecule has 3 saturated heterocycles. The molecular weight excluding hydrogens is 738 g/mol. The highest BCUT2D eigenvalue weighted by atomic mass is 79.9. The molecule has 0 aromatic heterocycles. The van der Waals surface area contributed by atoms with Gasteiger partial charge in [0.2, 0.25) is 11.8 Å². The minimum absolute atomic E-state index is 0.0915. The number of likely N-dealkylation sites (N-methyl/N-ethyl adjacent to an activating group) is 1. The number of hydrogen-bond acceptors (Lipinski definition) is 7. The molecule has 3 aliphatic rings. The molecule has 1 spiro atoms. The molecule has 5 rings (SSSR count). The summed E-state index contributed by atoms with van der Waals surface area (Å²) in [5, 5.41) is 9.33. The molecule has 2 bridgehead atoms. The van der Waals surface area contributed by atoms with Crippen LogP contribution in [0.15, 0.2) is 73.8 Å². The summed E-state index contributed by atoms with van der Waals surface area (Å²) in [6.45, 7) is 14.1. The fourth-order valence-corrected chi connectivity index (χ4v) is 9.53. The summed E-state index contributed by atoms with van der Waals surface area (Å²) < 4.78 is 13.2. The van der Waals surface area contributed by atoms with Crippen molar-refractivity contribution in [3.63, 3.8) is 0 Å². The van der Waals surface area contributed by atoms with Crippen LogP contribution in [0.2, 0.25) is 0 Å². The van der Waals surface area contributed by atoms with Gasteiger partial charge in [-0.3, -0.25) is 19.2 Å². The zero-order chi connectivity index (χ0) is 38.4. The molecule has 1 N–H and O–H groups in total. The number of para-hydroxylation sites is 1. The number of rotatable bonds is 18. The van der Waals surface area contributed by atoms with E-state index in [0.29, 0.717) is 32.2 Å². The van der Waals surface area contributed by atoms with Crippen LogP contribution in [0.1, 0.15) is 74.7 Å². The van der Waals surface area contributed by atoms with E-state index < -0.39 is 47.7 Å². The van der Waals surface area contributed by atoms with Crippen LogP contribution in [0.4, 0.5) is 5.69 Å². The van der Waals surface area contributed by atoms with E-state index in [4.69, 9.17) is 9.47 Å². The molecular formula is C42H54BrN3O7. The maximum Gasteiger partial charge on any atom is 0.313 e. The van der Waals surface area contributed by atoms with Gasteiger partial charge in [-0.1, -0.05) is 89.5 Å². The number of likely N-dealkylation sites (tertiary alicyclic amines) is 1. The molecule has 3 fully saturated rings. The Balaban J connectivity index is 1.52. The number of carbonyl (C=O) groups excluding carboxylic acids is 4. The Kier molecular flexibility index (Phi) is 13.4. The van der Waals surface area contributed by atoms with Crippen molar-refractivity contribution in [3.05, 3.63) is 90.5 Å². The van der Waals surface area contributed by atoms with E-state index in [1.807, 2.05) is 69.3 Å². The Morgan fingerprint density at radius 3 is 2.38 bits per heavy atom. The molecule has 10 nitrogen and oxygen atoms in total. The lowest BCUT2D eigenvalue weighted by Gasteiger charge is -2.38. The Morgan fingerprint density at radius 2 is 1.74 bits per heavy atom. The second kappa shape index (κ2) is 17.6. The predicted octanol–water partition coefficient (Wildman–Crippen LogP) is 6.22. The van der Waals surface area contributed by atoms with Gasteiger partial charge in [0, 0.05) is 43.7 Å². The number of esters is 1. The first-order chi connectivity index (χ1) is 25.4. The van der Waals surface area contributed by atoms with Crippen molar-refractivity contribution < 1.29 is 33.8 Å². The molecule has 3 amide bonds. The largest absolute Gasteiger partial charge is 0.455 e. The molecule has 0 saturated carbocycles. The summed E-state index contributed by atoms with van der Waals surface area (Å²) in [6, 6.07) is 13.6. The van der Waals surface area contributed by atoms with E-state index in [0.717, 1.165) is 35.2 Å². The first-order valence-electron chi connectivity index (χ1n) is 18.8. The molecule has 0 aliphatic carbocycles. The smallest absolute Gasteiger partial charge is 0.313 e. The highest BCUT2D eigenvalue weighted by Gasteiger charge is 2.77. The zero-order valence-electron chi connectivity index (χ0n) is 31.4. The molecule has 3 aliphatic heterocycles. The van der Waals surface area contributed by atoms with Crippen LogP contribution in [0.5, 0.6) is 0 Å². The van der Waals surface area contributed by atoms with Crippen molar-refractivity contribution in [2.45, 2.75) is 100 Å². The van der Waals surface area contributed by atoms with Crippen molar-refractivity contribution in [2.75, 3.05) is 31.6 Å². The maximum atomic E-state index is 15.1. The van der Waals surface area contributed by atoms with Gasteiger partial charge in [0.05, 0.1) is 24.0 Å². The number of allylic oxidation sites excluding steroid dienone is 1. The quantitative estimate of drug-likeness (QED) is 0.0825. The zero-order valence-corrected chi connectivity index (χ0v) is 33.0. The molecule has 11 heteroatoms.